The molecule has 0 radical (unpaired) electrons. The van der Waals surface area contributed by atoms with Crippen LogP contribution in [0.1, 0.15) is 16.2 Å². The van der Waals surface area contributed by atoms with E-state index < -0.39 is 0 Å². The zero-order chi connectivity index (χ0) is 16.4. The number of ether oxygens (including phenoxy) is 1. The van der Waals surface area contributed by atoms with Crippen molar-refractivity contribution in [3.63, 3.8) is 0 Å². The fourth-order valence-corrected chi connectivity index (χ4v) is 3.00. The maximum Gasteiger partial charge on any atom is 0.271 e. The summed E-state index contributed by atoms with van der Waals surface area (Å²) >= 11 is 0. The summed E-state index contributed by atoms with van der Waals surface area (Å²) in [5, 5.41) is 6.58. The molecule has 4 heterocycles. The first-order valence-electron chi connectivity index (χ1n) is 7.93. The van der Waals surface area contributed by atoms with E-state index in [-0.39, 0.29) is 11.8 Å². The molecule has 0 bridgehead atoms. The number of aromatic nitrogens is 5. The van der Waals surface area contributed by atoms with Gasteiger partial charge in [-0.1, -0.05) is 0 Å². The molecule has 0 unspecified atom stereocenters. The molecule has 0 saturated carbocycles. The molecule has 1 fully saturated rings. The Labute approximate surface area is 138 Å². The molecule has 3 aromatic rings. The number of nitrogens with zero attached hydrogens (tertiary/aromatic N) is 5. The van der Waals surface area contributed by atoms with E-state index in [1.54, 1.807) is 24.7 Å². The largest absolute Gasteiger partial charge is 0.379 e. The van der Waals surface area contributed by atoms with Crippen molar-refractivity contribution in [3.8, 4) is 0 Å². The minimum atomic E-state index is -0.0407. The Kier molecular flexibility index (Phi) is 3.96. The summed E-state index contributed by atoms with van der Waals surface area (Å²) in [6, 6.07) is 1.69. The Morgan fingerprint density at radius 1 is 1.38 bits per heavy atom. The van der Waals surface area contributed by atoms with Crippen LogP contribution in [-0.4, -0.2) is 61.7 Å². The van der Waals surface area contributed by atoms with Crippen molar-refractivity contribution >= 4 is 11.6 Å². The molecular weight excluding hydrogens is 308 g/mol. The van der Waals surface area contributed by atoms with Crippen molar-refractivity contribution in [2.45, 2.75) is 6.42 Å². The smallest absolute Gasteiger partial charge is 0.271 e. The Balaban J connectivity index is 1.48. The number of fused-ring (bicyclic) bond motifs is 1. The zero-order valence-corrected chi connectivity index (χ0v) is 13.1. The Hall–Kier alpha value is -2.74. The lowest BCUT2D eigenvalue weighted by molar-refractivity contribution is 0.0731. The standard InChI is InChI=1S/C16H18N6O2/c23-16(14-1-2-19-20-14)22-5-6-24-11-12(9-22)7-13-10-21-4-3-17-15(21)8-18-13/h1-4,8,10,12H,5-7,9,11H2,(H,19,20)/t12-/m1/s1. The van der Waals surface area contributed by atoms with Gasteiger partial charge in [-0.05, 0) is 12.5 Å². The lowest BCUT2D eigenvalue weighted by atomic mass is 10.0. The third kappa shape index (κ3) is 3.00. The second kappa shape index (κ2) is 6.40. The fraction of sp³-hybridized carbons (Fsp3) is 0.375. The van der Waals surface area contributed by atoms with Gasteiger partial charge in [-0.25, -0.2) is 4.98 Å². The van der Waals surface area contributed by atoms with Crippen LogP contribution in [-0.2, 0) is 11.2 Å². The van der Waals surface area contributed by atoms with E-state index in [0.717, 1.165) is 17.8 Å². The molecule has 0 spiro atoms. The number of hydrogen-bond donors (Lipinski definition) is 1. The van der Waals surface area contributed by atoms with Crippen LogP contribution in [0.15, 0.2) is 37.1 Å². The lowest BCUT2D eigenvalue weighted by Gasteiger charge is -2.22. The van der Waals surface area contributed by atoms with Gasteiger partial charge in [0, 0.05) is 43.8 Å². The number of H-pyrrole nitrogens is 1. The summed E-state index contributed by atoms with van der Waals surface area (Å²) in [7, 11) is 0. The van der Waals surface area contributed by atoms with Gasteiger partial charge in [0.05, 0.1) is 25.1 Å². The van der Waals surface area contributed by atoms with Crippen LogP contribution >= 0.6 is 0 Å². The van der Waals surface area contributed by atoms with Gasteiger partial charge >= 0.3 is 0 Å². The first kappa shape index (κ1) is 14.8. The average molecular weight is 326 g/mol. The molecule has 3 aromatic heterocycles. The Morgan fingerprint density at radius 3 is 3.21 bits per heavy atom. The molecule has 24 heavy (non-hydrogen) atoms. The maximum atomic E-state index is 12.5. The lowest BCUT2D eigenvalue weighted by Crippen LogP contribution is -2.36. The van der Waals surface area contributed by atoms with Crippen molar-refractivity contribution in [1.29, 1.82) is 0 Å². The second-order valence-corrected chi connectivity index (χ2v) is 5.94. The third-order valence-electron chi connectivity index (χ3n) is 4.19. The topological polar surface area (TPSA) is 88.4 Å². The normalized spacial score (nSPS) is 18.7. The molecule has 1 amide bonds. The van der Waals surface area contributed by atoms with Gasteiger partial charge in [0.1, 0.15) is 5.69 Å². The van der Waals surface area contributed by atoms with Crippen LogP contribution in [0, 0.1) is 5.92 Å². The van der Waals surface area contributed by atoms with E-state index in [9.17, 15) is 4.79 Å². The van der Waals surface area contributed by atoms with Crippen LogP contribution in [0.5, 0.6) is 0 Å². The minimum absolute atomic E-state index is 0.0407. The summed E-state index contributed by atoms with van der Waals surface area (Å²) < 4.78 is 7.63. The number of aromatic amines is 1. The van der Waals surface area contributed by atoms with Gasteiger partial charge in [0.15, 0.2) is 5.65 Å². The highest BCUT2D eigenvalue weighted by Gasteiger charge is 2.24. The van der Waals surface area contributed by atoms with Crippen molar-refractivity contribution in [2.24, 2.45) is 5.92 Å². The van der Waals surface area contributed by atoms with E-state index in [1.807, 2.05) is 21.7 Å². The molecule has 1 atom stereocenters. The minimum Gasteiger partial charge on any atom is -0.379 e. The SMILES string of the molecule is O=C(c1ccn[nH]1)N1CCOC[C@H](Cc2cn3ccnc3cn2)C1. The van der Waals surface area contributed by atoms with Crippen LogP contribution in [0.4, 0.5) is 0 Å². The van der Waals surface area contributed by atoms with Gasteiger partial charge in [-0.3, -0.25) is 14.9 Å². The maximum absolute atomic E-state index is 12.5. The quantitative estimate of drug-likeness (QED) is 0.768. The summed E-state index contributed by atoms with van der Waals surface area (Å²) in [6.07, 6.45) is 9.73. The number of carbonyl (C=O) groups is 1. The third-order valence-corrected chi connectivity index (χ3v) is 4.19. The van der Waals surface area contributed by atoms with Crippen molar-refractivity contribution in [2.75, 3.05) is 26.3 Å². The number of rotatable bonds is 3. The van der Waals surface area contributed by atoms with Crippen LogP contribution in [0.25, 0.3) is 5.65 Å². The molecule has 1 aliphatic heterocycles. The van der Waals surface area contributed by atoms with E-state index in [0.29, 0.717) is 32.0 Å². The van der Waals surface area contributed by atoms with E-state index >= 15 is 0 Å². The predicted octanol–water partition coefficient (Wildman–Crippen LogP) is 0.784. The van der Waals surface area contributed by atoms with Gasteiger partial charge in [0.2, 0.25) is 0 Å². The molecule has 1 N–H and O–H groups in total. The average Bonchev–Trinajstić information content (AvgIpc) is 3.23. The monoisotopic (exact) mass is 326 g/mol. The van der Waals surface area contributed by atoms with E-state index in [2.05, 4.69) is 20.2 Å². The number of hydrogen-bond acceptors (Lipinski definition) is 5. The summed E-state index contributed by atoms with van der Waals surface area (Å²) in [4.78, 5) is 23.0. The van der Waals surface area contributed by atoms with Crippen molar-refractivity contribution < 1.29 is 9.53 Å². The number of imidazole rings is 1. The first-order valence-corrected chi connectivity index (χ1v) is 7.93. The first-order chi connectivity index (χ1) is 11.8. The Morgan fingerprint density at radius 2 is 2.33 bits per heavy atom. The molecular formula is C16H18N6O2. The highest BCUT2D eigenvalue weighted by atomic mass is 16.5. The molecule has 1 saturated heterocycles. The molecule has 1 aliphatic rings. The van der Waals surface area contributed by atoms with Gasteiger partial charge in [-0.2, -0.15) is 5.10 Å². The summed E-state index contributed by atoms with van der Waals surface area (Å²) in [5.41, 5.74) is 2.30. The van der Waals surface area contributed by atoms with Gasteiger partial charge < -0.3 is 14.0 Å². The fourth-order valence-electron chi connectivity index (χ4n) is 3.00. The van der Waals surface area contributed by atoms with E-state index in [1.165, 1.54) is 0 Å². The van der Waals surface area contributed by atoms with Crippen molar-refractivity contribution in [3.05, 3.63) is 48.4 Å². The van der Waals surface area contributed by atoms with Crippen LogP contribution in [0.3, 0.4) is 0 Å². The molecule has 8 heteroatoms. The number of carbonyl (C=O) groups excluding carboxylic acids is 1. The summed E-state index contributed by atoms with van der Waals surface area (Å²) in [6.45, 7) is 2.39. The highest BCUT2D eigenvalue weighted by Crippen LogP contribution is 2.15. The highest BCUT2D eigenvalue weighted by molar-refractivity contribution is 5.92. The molecule has 4 rings (SSSR count). The zero-order valence-electron chi connectivity index (χ0n) is 13.1. The summed E-state index contributed by atoms with van der Waals surface area (Å²) in [5.74, 6) is 0.161. The second-order valence-electron chi connectivity index (χ2n) is 5.94. The molecule has 0 aromatic carbocycles. The predicted molar refractivity (Wildman–Crippen MR) is 85.5 cm³/mol. The van der Waals surface area contributed by atoms with Gasteiger partial charge in [0.25, 0.3) is 5.91 Å². The van der Waals surface area contributed by atoms with Crippen LogP contribution < -0.4 is 0 Å². The van der Waals surface area contributed by atoms with Crippen LogP contribution in [0.2, 0.25) is 0 Å². The Bertz CT molecular complexity index is 828. The molecule has 124 valence electrons. The molecule has 8 nitrogen and oxygen atoms in total. The number of nitrogens with one attached hydrogen (secondary N) is 1. The van der Waals surface area contributed by atoms with Gasteiger partial charge in [-0.15, -0.1) is 0 Å². The van der Waals surface area contributed by atoms with E-state index in [4.69, 9.17) is 4.74 Å². The molecule has 0 aliphatic carbocycles. The van der Waals surface area contributed by atoms with Crippen molar-refractivity contribution in [1.82, 2.24) is 29.5 Å². The number of amides is 1.